The zero-order chi connectivity index (χ0) is 14.9. The molecule has 0 aliphatic carbocycles. The molecule has 0 bridgehead atoms. The van der Waals surface area contributed by atoms with Crippen LogP contribution in [0.1, 0.15) is 16.1 Å². The number of nitrogens with zero attached hydrogens (tertiary/aromatic N) is 1. The first kappa shape index (κ1) is 12.7. The average molecular weight is 287 g/mol. The lowest BCUT2D eigenvalue weighted by Crippen LogP contribution is -2.04. The molecule has 2 heterocycles. The van der Waals surface area contributed by atoms with E-state index in [2.05, 4.69) is 0 Å². The molecule has 0 fully saturated rings. The fourth-order valence-electron chi connectivity index (χ4n) is 2.68. The molecule has 3 heteroatoms. The van der Waals surface area contributed by atoms with Gasteiger partial charge in [0.05, 0.1) is 17.5 Å². The molecule has 106 valence electrons. The molecule has 0 atom stereocenters. The minimum absolute atomic E-state index is 0.113. The molecule has 3 nitrogen and oxygen atoms in total. The first-order valence-electron chi connectivity index (χ1n) is 7.08. The van der Waals surface area contributed by atoms with Gasteiger partial charge in [0.1, 0.15) is 0 Å². The minimum atomic E-state index is -0.113. The molecule has 2 aromatic carbocycles. The number of hydrogen-bond acceptors (Lipinski definition) is 2. The van der Waals surface area contributed by atoms with Crippen LogP contribution in [0.3, 0.4) is 0 Å². The largest absolute Gasteiger partial charge is 0.459 e. The van der Waals surface area contributed by atoms with Gasteiger partial charge in [0.15, 0.2) is 5.76 Å². The van der Waals surface area contributed by atoms with Crippen LogP contribution in [0.25, 0.3) is 16.6 Å². The van der Waals surface area contributed by atoms with Crippen LogP contribution in [0.2, 0.25) is 0 Å². The highest BCUT2D eigenvalue weighted by atomic mass is 16.3. The van der Waals surface area contributed by atoms with Crippen molar-refractivity contribution in [2.24, 2.45) is 0 Å². The lowest BCUT2D eigenvalue weighted by molar-refractivity contribution is 0.101. The smallest absolute Gasteiger partial charge is 0.230 e. The number of hydrogen-bond donors (Lipinski definition) is 0. The van der Waals surface area contributed by atoms with Crippen LogP contribution < -0.4 is 0 Å². The Balaban J connectivity index is 1.85. The van der Waals surface area contributed by atoms with Crippen LogP contribution in [0, 0.1) is 0 Å². The second kappa shape index (κ2) is 5.04. The van der Waals surface area contributed by atoms with Gasteiger partial charge in [0.2, 0.25) is 5.78 Å². The zero-order valence-electron chi connectivity index (χ0n) is 11.8. The molecule has 0 spiro atoms. The van der Waals surface area contributed by atoms with Crippen molar-refractivity contribution in [1.82, 2.24) is 4.57 Å². The highest BCUT2D eigenvalue weighted by molar-refractivity contribution is 6.09. The third-order valence-electron chi connectivity index (χ3n) is 3.75. The molecule has 0 unspecified atom stereocenters. The molecule has 4 rings (SSSR count). The number of fused-ring (bicyclic) bond motifs is 1. The summed E-state index contributed by atoms with van der Waals surface area (Å²) < 4.78 is 7.46. The van der Waals surface area contributed by atoms with Gasteiger partial charge in [-0.2, -0.15) is 0 Å². The molecule has 0 saturated carbocycles. The summed E-state index contributed by atoms with van der Waals surface area (Å²) >= 11 is 0. The Morgan fingerprint density at radius 2 is 1.64 bits per heavy atom. The molecule has 0 radical (unpaired) electrons. The minimum Gasteiger partial charge on any atom is -0.459 e. The predicted molar refractivity (Wildman–Crippen MR) is 85.4 cm³/mol. The van der Waals surface area contributed by atoms with Gasteiger partial charge in [0.25, 0.3) is 0 Å². The molecule has 0 aliphatic heterocycles. The highest BCUT2D eigenvalue weighted by Crippen LogP contribution is 2.25. The van der Waals surface area contributed by atoms with Crippen molar-refractivity contribution in [3.05, 3.63) is 90.5 Å². The number of benzene rings is 2. The number of carbonyl (C=O) groups is 1. The molecule has 4 aromatic rings. The topological polar surface area (TPSA) is 35.1 Å². The van der Waals surface area contributed by atoms with Crippen molar-refractivity contribution in [3.63, 3.8) is 0 Å². The Kier molecular flexibility index (Phi) is 2.90. The summed E-state index contributed by atoms with van der Waals surface area (Å²) in [5.74, 6) is 0.242. The predicted octanol–water partition coefficient (Wildman–Crippen LogP) is 4.45. The van der Waals surface area contributed by atoms with Gasteiger partial charge in [0, 0.05) is 17.8 Å². The van der Waals surface area contributed by atoms with Gasteiger partial charge in [-0.3, -0.25) is 4.79 Å². The highest BCUT2D eigenvalue weighted by Gasteiger charge is 2.19. The fraction of sp³-hybridized carbons (Fsp3) is 0. The summed E-state index contributed by atoms with van der Waals surface area (Å²) in [5.41, 5.74) is 2.43. The lowest BCUT2D eigenvalue weighted by Gasteiger charge is -2.05. The van der Waals surface area contributed by atoms with Gasteiger partial charge in [-0.25, -0.2) is 0 Å². The second-order valence-corrected chi connectivity index (χ2v) is 5.07. The van der Waals surface area contributed by atoms with Crippen LogP contribution in [0.5, 0.6) is 0 Å². The third-order valence-corrected chi connectivity index (χ3v) is 3.75. The normalized spacial score (nSPS) is 10.9. The number of furan rings is 1. The van der Waals surface area contributed by atoms with E-state index in [0.29, 0.717) is 11.3 Å². The van der Waals surface area contributed by atoms with Gasteiger partial charge in [-0.15, -0.1) is 0 Å². The maximum absolute atomic E-state index is 12.7. The van der Waals surface area contributed by atoms with E-state index >= 15 is 0 Å². The summed E-state index contributed by atoms with van der Waals surface area (Å²) in [4.78, 5) is 12.7. The van der Waals surface area contributed by atoms with Crippen LogP contribution in [-0.4, -0.2) is 10.4 Å². The number of ketones is 1. The SMILES string of the molecule is O=C(c1ccccc1)c1occc1-n1ccc2ccccc21. The molecule has 0 aliphatic rings. The second-order valence-electron chi connectivity index (χ2n) is 5.07. The van der Waals surface area contributed by atoms with Crippen molar-refractivity contribution in [3.8, 4) is 5.69 Å². The molecule has 0 saturated heterocycles. The van der Waals surface area contributed by atoms with Crippen LogP contribution in [0.15, 0.2) is 83.6 Å². The fourth-order valence-corrected chi connectivity index (χ4v) is 2.68. The Morgan fingerprint density at radius 1 is 0.864 bits per heavy atom. The van der Waals surface area contributed by atoms with Crippen molar-refractivity contribution in [2.45, 2.75) is 0 Å². The van der Waals surface area contributed by atoms with E-state index in [4.69, 9.17) is 4.42 Å². The van der Waals surface area contributed by atoms with Crippen molar-refractivity contribution < 1.29 is 9.21 Å². The van der Waals surface area contributed by atoms with Crippen LogP contribution in [0.4, 0.5) is 0 Å². The number of carbonyl (C=O) groups excluding carboxylic acids is 1. The molecular formula is C19H13NO2. The standard InChI is InChI=1S/C19H13NO2/c21-18(15-7-2-1-3-8-15)19-17(11-13-22-19)20-12-10-14-6-4-5-9-16(14)20/h1-13H. The number of rotatable bonds is 3. The van der Waals surface area contributed by atoms with Crippen LogP contribution >= 0.6 is 0 Å². The van der Waals surface area contributed by atoms with E-state index in [9.17, 15) is 4.79 Å². The summed E-state index contributed by atoms with van der Waals surface area (Å²) in [6, 6.07) is 21.1. The number of para-hydroxylation sites is 1. The van der Waals surface area contributed by atoms with E-state index in [1.165, 1.54) is 0 Å². The van der Waals surface area contributed by atoms with Crippen molar-refractivity contribution in [1.29, 1.82) is 0 Å². The summed E-state index contributed by atoms with van der Waals surface area (Å²) in [6.45, 7) is 0. The van der Waals surface area contributed by atoms with Gasteiger partial charge >= 0.3 is 0 Å². The van der Waals surface area contributed by atoms with Crippen molar-refractivity contribution in [2.75, 3.05) is 0 Å². The third kappa shape index (κ3) is 1.95. The quantitative estimate of drug-likeness (QED) is 0.522. The first-order chi connectivity index (χ1) is 10.8. The van der Waals surface area contributed by atoms with Gasteiger partial charge < -0.3 is 8.98 Å². The van der Waals surface area contributed by atoms with E-state index in [1.54, 1.807) is 18.4 Å². The Bertz CT molecular complexity index is 948. The van der Waals surface area contributed by atoms with Crippen molar-refractivity contribution >= 4 is 16.7 Å². The molecule has 2 aromatic heterocycles. The maximum atomic E-state index is 12.7. The number of aromatic nitrogens is 1. The Labute approximate surface area is 127 Å². The first-order valence-corrected chi connectivity index (χ1v) is 7.08. The van der Waals surface area contributed by atoms with E-state index < -0.39 is 0 Å². The monoisotopic (exact) mass is 287 g/mol. The van der Waals surface area contributed by atoms with E-state index in [1.807, 2.05) is 65.4 Å². The van der Waals surface area contributed by atoms with E-state index in [0.717, 1.165) is 16.6 Å². The van der Waals surface area contributed by atoms with Crippen LogP contribution in [-0.2, 0) is 0 Å². The zero-order valence-corrected chi connectivity index (χ0v) is 11.8. The summed E-state index contributed by atoms with van der Waals surface area (Å²) in [6.07, 6.45) is 3.51. The van der Waals surface area contributed by atoms with E-state index in [-0.39, 0.29) is 5.78 Å². The summed E-state index contributed by atoms with van der Waals surface area (Å²) in [7, 11) is 0. The van der Waals surface area contributed by atoms with Gasteiger partial charge in [-0.1, -0.05) is 48.5 Å². The molecular weight excluding hydrogens is 274 g/mol. The molecule has 0 N–H and O–H groups in total. The Hall–Kier alpha value is -3.07. The Morgan fingerprint density at radius 3 is 2.50 bits per heavy atom. The lowest BCUT2D eigenvalue weighted by atomic mass is 10.1. The average Bonchev–Trinajstić information content (AvgIpc) is 3.21. The molecule has 22 heavy (non-hydrogen) atoms. The van der Waals surface area contributed by atoms with Gasteiger partial charge in [-0.05, 0) is 17.5 Å². The molecule has 0 amide bonds. The summed E-state index contributed by atoms with van der Waals surface area (Å²) in [5, 5.41) is 1.13. The maximum Gasteiger partial charge on any atom is 0.230 e.